The minimum absolute atomic E-state index is 0.233. The highest BCUT2D eigenvalue weighted by Crippen LogP contribution is 2.18. The van der Waals surface area contributed by atoms with Crippen molar-refractivity contribution in [2.45, 2.75) is 18.9 Å². The summed E-state index contributed by atoms with van der Waals surface area (Å²) in [6, 6.07) is 8.79. The molecule has 1 saturated heterocycles. The molecule has 0 aliphatic carbocycles. The summed E-state index contributed by atoms with van der Waals surface area (Å²) in [5.41, 5.74) is 0.928. The van der Waals surface area contributed by atoms with Crippen molar-refractivity contribution in [3.63, 3.8) is 0 Å². The van der Waals surface area contributed by atoms with Crippen LogP contribution >= 0.6 is 0 Å². The van der Waals surface area contributed by atoms with Crippen LogP contribution in [0.2, 0.25) is 0 Å². The third-order valence-electron chi connectivity index (χ3n) is 3.04. The number of rotatable bonds is 3. The average Bonchev–Trinajstić information content (AvgIpc) is 2.86. The van der Waals surface area contributed by atoms with E-state index in [2.05, 4.69) is 0 Å². The first-order valence-corrected chi connectivity index (χ1v) is 5.95. The molecule has 0 unspecified atom stereocenters. The van der Waals surface area contributed by atoms with E-state index in [-0.39, 0.29) is 5.91 Å². The van der Waals surface area contributed by atoms with Crippen LogP contribution in [0.15, 0.2) is 36.4 Å². The molecule has 1 amide bonds. The first-order chi connectivity index (χ1) is 8.68. The third kappa shape index (κ3) is 2.77. The molecule has 1 aliphatic rings. The van der Waals surface area contributed by atoms with Crippen LogP contribution in [0.1, 0.15) is 18.4 Å². The van der Waals surface area contributed by atoms with Crippen LogP contribution in [-0.2, 0) is 9.59 Å². The van der Waals surface area contributed by atoms with Crippen molar-refractivity contribution in [1.29, 1.82) is 0 Å². The van der Waals surface area contributed by atoms with Crippen LogP contribution in [0.4, 0.5) is 0 Å². The number of carboxylic acids is 1. The summed E-state index contributed by atoms with van der Waals surface area (Å²) in [4.78, 5) is 24.3. The highest BCUT2D eigenvalue weighted by Gasteiger charge is 2.32. The molecule has 4 nitrogen and oxygen atoms in total. The van der Waals surface area contributed by atoms with Gasteiger partial charge in [-0.3, -0.25) is 4.79 Å². The second-order valence-electron chi connectivity index (χ2n) is 4.27. The average molecular weight is 245 g/mol. The minimum Gasteiger partial charge on any atom is -0.480 e. The van der Waals surface area contributed by atoms with Gasteiger partial charge >= 0.3 is 5.97 Å². The van der Waals surface area contributed by atoms with Crippen LogP contribution in [0.5, 0.6) is 0 Å². The lowest BCUT2D eigenvalue weighted by Crippen LogP contribution is -2.39. The van der Waals surface area contributed by atoms with E-state index in [0.717, 1.165) is 12.0 Å². The molecular formula is C14H15NO3. The number of benzene rings is 1. The minimum atomic E-state index is -0.922. The van der Waals surface area contributed by atoms with E-state index in [1.165, 1.54) is 11.0 Å². The summed E-state index contributed by atoms with van der Waals surface area (Å²) in [5.74, 6) is -1.15. The molecule has 1 aromatic carbocycles. The molecule has 0 saturated carbocycles. The fraction of sp³-hybridized carbons (Fsp3) is 0.286. The van der Waals surface area contributed by atoms with Gasteiger partial charge in [0.25, 0.3) is 0 Å². The van der Waals surface area contributed by atoms with Gasteiger partial charge in [0, 0.05) is 12.6 Å². The van der Waals surface area contributed by atoms with Gasteiger partial charge in [-0.1, -0.05) is 30.3 Å². The normalized spacial score (nSPS) is 19.3. The third-order valence-corrected chi connectivity index (χ3v) is 3.04. The molecule has 1 fully saturated rings. The number of hydrogen-bond acceptors (Lipinski definition) is 2. The standard InChI is InChI=1S/C14H15NO3/c16-13(9-8-11-5-2-1-3-6-11)15-10-4-7-12(15)14(17)18/h1-3,5-6,8-9,12H,4,7,10H2,(H,17,18)/t12-/m0/s1. The Labute approximate surface area is 106 Å². The van der Waals surface area contributed by atoms with Crippen LogP contribution in [0.25, 0.3) is 6.08 Å². The number of carboxylic acid groups (broad SMARTS) is 1. The maximum Gasteiger partial charge on any atom is 0.326 e. The predicted octanol–water partition coefficient (Wildman–Crippen LogP) is 1.78. The molecule has 0 spiro atoms. The van der Waals surface area contributed by atoms with E-state index >= 15 is 0 Å². The molecule has 18 heavy (non-hydrogen) atoms. The molecule has 1 aliphatic heterocycles. The highest BCUT2D eigenvalue weighted by molar-refractivity contribution is 5.94. The fourth-order valence-electron chi connectivity index (χ4n) is 2.11. The molecule has 2 rings (SSSR count). The summed E-state index contributed by atoms with van der Waals surface area (Å²) >= 11 is 0. The van der Waals surface area contributed by atoms with E-state index < -0.39 is 12.0 Å². The zero-order chi connectivity index (χ0) is 13.0. The quantitative estimate of drug-likeness (QED) is 0.826. The van der Waals surface area contributed by atoms with Gasteiger partial charge < -0.3 is 10.0 Å². The molecule has 1 atom stereocenters. The van der Waals surface area contributed by atoms with Crippen LogP contribution in [-0.4, -0.2) is 34.5 Å². The number of nitrogens with zero attached hydrogens (tertiary/aromatic N) is 1. The molecule has 1 heterocycles. The van der Waals surface area contributed by atoms with E-state index in [1.807, 2.05) is 30.3 Å². The largest absolute Gasteiger partial charge is 0.480 e. The number of aliphatic carboxylic acids is 1. The first kappa shape index (κ1) is 12.4. The summed E-state index contributed by atoms with van der Waals surface area (Å²) < 4.78 is 0. The Morgan fingerprint density at radius 1 is 1.28 bits per heavy atom. The Kier molecular flexibility index (Phi) is 3.77. The van der Waals surface area contributed by atoms with E-state index in [4.69, 9.17) is 5.11 Å². The van der Waals surface area contributed by atoms with Gasteiger partial charge in [-0.25, -0.2) is 4.79 Å². The second-order valence-corrected chi connectivity index (χ2v) is 4.27. The van der Waals surface area contributed by atoms with Gasteiger partial charge in [-0.05, 0) is 24.5 Å². The van der Waals surface area contributed by atoms with Crippen molar-refractivity contribution < 1.29 is 14.7 Å². The van der Waals surface area contributed by atoms with Crippen LogP contribution in [0.3, 0.4) is 0 Å². The van der Waals surface area contributed by atoms with Gasteiger partial charge in [0.2, 0.25) is 5.91 Å². The number of amides is 1. The number of hydrogen-bond donors (Lipinski definition) is 1. The summed E-state index contributed by atoms with van der Waals surface area (Å²) in [7, 11) is 0. The van der Waals surface area contributed by atoms with E-state index in [0.29, 0.717) is 13.0 Å². The second kappa shape index (κ2) is 5.49. The van der Waals surface area contributed by atoms with Gasteiger partial charge in [0.15, 0.2) is 0 Å². The molecule has 94 valence electrons. The van der Waals surface area contributed by atoms with Gasteiger partial charge in [0.1, 0.15) is 6.04 Å². The van der Waals surface area contributed by atoms with E-state index in [9.17, 15) is 9.59 Å². The zero-order valence-corrected chi connectivity index (χ0v) is 9.95. The molecule has 1 aromatic rings. The molecule has 0 radical (unpaired) electrons. The molecule has 0 bridgehead atoms. The summed E-state index contributed by atoms with van der Waals surface area (Å²) in [6.07, 6.45) is 4.44. The van der Waals surface area contributed by atoms with Gasteiger partial charge in [-0.15, -0.1) is 0 Å². The molecular weight excluding hydrogens is 230 g/mol. The Hall–Kier alpha value is -2.10. The van der Waals surface area contributed by atoms with Crippen molar-refractivity contribution >= 4 is 18.0 Å². The Morgan fingerprint density at radius 3 is 2.67 bits per heavy atom. The fourth-order valence-corrected chi connectivity index (χ4v) is 2.11. The molecule has 1 N–H and O–H groups in total. The SMILES string of the molecule is O=C(O)[C@@H]1CCCN1C(=O)C=Cc1ccccc1. The monoisotopic (exact) mass is 245 g/mol. The maximum atomic E-state index is 11.9. The Morgan fingerprint density at radius 2 is 2.00 bits per heavy atom. The zero-order valence-electron chi connectivity index (χ0n) is 9.95. The van der Waals surface area contributed by atoms with Crippen molar-refractivity contribution in [3.8, 4) is 0 Å². The van der Waals surface area contributed by atoms with Gasteiger partial charge in [-0.2, -0.15) is 0 Å². The summed E-state index contributed by atoms with van der Waals surface area (Å²) in [5, 5.41) is 9.00. The smallest absolute Gasteiger partial charge is 0.326 e. The lowest BCUT2D eigenvalue weighted by atomic mass is 10.2. The Balaban J connectivity index is 2.04. The van der Waals surface area contributed by atoms with Crippen LogP contribution in [0, 0.1) is 0 Å². The maximum absolute atomic E-state index is 11.9. The Bertz CT molecular complexity index is 467. The van der Waals surface area contributed by atoms with Crippen LogP contribution < -0.4 is 0 Å². The lowest BCUT2D eigenvalue weighted by molar-refractivity contribution is -0.146. The van der Waals surface area contributed by atoms with Gasteiger partial charge in [0.05, 0.1) is 0 Å². The topological polar surface area (TPSA) is 57.6 Å². The van der Waals surface area contributed by atoms with Crippen molar-refractivity contribution in [2.75, 3.05) is 6.54 Å². The molecule has 4 heteroatoms. The number of carbonyl (C=O) groups excluding carboxylic acids is 1. The first-order valence-electron chi connectivity index (χ1n) is 5.95. The van der Waals surface area contributed by atoms with Crippen molar-refractivity contribution in [2.24, 2.45) is 0 Å². The highest BCUT2D eigenvalue weighted by atomic mass is 16.4. The number of likely N-dealkylation sites (tertiary alicyclic amines) is 1. The van der Waals surface area contributed by atoms with Crippen molar-refractivity contribution in [1.82, 2.24) is 4.90 Å². The molecule has 0 aromatic heterocycles. The lowest BCUT2D eigenvalue weighted by Gasteiger charge is -2.19. The predicted molar refractivity (Wildman–Crippen MR) is 67.8 cm³/mol. The van der Waals surface area contributed by atoms with Crippen molar-refractivity contribution in [3.05, 3.63) is 42.0 Å². The number of carbonyl (C=O) groups is 2. The summed E-state index contributed by atoms with van der Waals surface area (Å²) in [6.45, 7) is 0.523. The van der Waals surface area contributed by atoms with E-state index in [1.54, 1.807) is 6.08 Å².